The summed E-state index contributed by atoms with van der Waals surface area (Å²) in [7, 11) is 1.53. The number of thiazole rings is 1. The number of ether oxygens (including phenoxy) is 4. The molecule has 0 aliphatic carbocycles. The molecule has 1 saturated heterocycles. The first-order valence-corrected chi connectivity index (χ1v) is 14.8. The van der Waals surface area contributed by atoms with Gasteiger partial charge in [0.2, 0.25) is 5.91 Å². The summed E-state index contributed by atoms with van der Waals surface area (Å²) >= 11 is 1.26. The van der Waals surface area contributed by atoms with Crippen molar-refractivity contribution in [1.29, 1.82) is 0 Å². The van der Waals surface area contributed by atoms with E-state index in [9.17, 15) is 4.79 Å². The number of hydrogen-bond donors (Lipinski definition) is 1. The van der Waals surface area contributed by atoms with E-state index in [1.54, 1.807) is 46.9 Å². The van der Waals surface area contributed by atoms with Gasteiger partial charge in [0.15, 0.2) is 11.5 Å². The Labute approximate surface area is 261 Å². The van der Waals surface area contributed by atoms with E-state index < -0.39 is 5.82 Å². The van der Waals surface area contributed by atoms with Crippen molar-refractivity contribution in [1.82, 2.24) is 29.8 Å². The van der Waals surface area contributed by atoms with Crippen molar-refractivity contribution in [3.05, 3.63) is 72.9 Å². The molecule has 0 bridgehead atoms. The molecular weight excluding hydrogens is 601 g/mol. The second-order valence-electron chi connectivity index (χ2n) is 10.2. The number of nitrogens with one attached hydrogen (secondary N) is 1. The highest BCUT2D eigenvalue weighted by molar-refractivity contribution is 7.11. The number of hydrogen-bond acceptors (Lipinski definition) is 12. The van der Waals surface area contributed by atoms with Crippen LogP contribution in [-0.4, -0.2) is 68.1 Å². The van der Waals surface area contributed by atoms with Crippen LogP contribution in [0.3, 0.4) is 0 Å². The molecule has 0 radical (unpaired) electrons. The van der Waals surface area contributed by atoms with Crippen molar-refractivity contribution in [2.75, 3.05) is 25.5 Å². The van der Waals surface area contributed by atoms with Crippen LogP contribution in [-0.2, 0) is 4.79 Å². The van der Waals surface area contributed by atoms with Crippen molar-refractivity contribution in [2.24, 2.45) is 0 Å². The Morgan fingerprint density at radius 2 is 1.93 bits per heavy atom. The molecular formula is C31H28FN7O5S. The number of benzene rings is 2. The fraction of sp³-hybridized carbons (Fsp3) is 0.226. The first kappa shape index (κ1) is 29.7. The molecule has 1 aliphatic heterocycles. The van der Waals surface area contributed by atoms with Crippen LogP contribution in [0.2, 0.25) is 0 Å². The predicted octanol–water partition coefficient (Wildman–Crippen LogP) is 5.79. The summed E-state index contributed by atoms with van der Waals surface area (Å²) in [6.45, 7) is 8.17. The lowest BCUT2D eigenvalue weighted by molar-refractivity contribution is -0.134. The van der Waals surface area contributed by atoms with Crippen LogP contribution in [0.4, 0.5) is 15.9 Å². The average molecular weight is 630 g/mol. The van der Waals surface area contributed by atoms with E-state index in [2.05, 4.69) is 36.8 Å². The number of methoxy groups -OCH3 is 1. The molecule has 0 atom stereocenters. The van der Waals surface area contributed by atoms with Gasteiger partial charge in [-0.05, 0) is 38.1 Å². The minimum atomic E-state index is -0.559. The molecule has 0 unspecified atom stereocenters. The zero-order valence-corrected chi connectivity index (χ0v) is 25.4. The molecule has 1 N–H and O–H groups in total. The van der Waals surface area contributed by atoms with E-state index in [4.69, 9.17) is 18.9 Å². The van der Waals surface area contributed by atoms with Gasteiger partial charge in [-0.1, -0.05) is 17.9 Å². The van der Waals surface area contributed by atoms with E-state index in [1.165, 1.54) is 36.9 Å². The Morgan fingerprint density at radius 3 is 2.64 bits per heavy atom. The van der Waals surface area contributed by atoms with Crippen LogP contribution >= 0.6 is 11.3 Å². The molecule has 14 heteroatoms. The summed E-state index contributed by atoms with van der Waals surface area (Å²) in [5.74, 6) is 0.864. The summed E-state index contributed by atoms with van der Waals surface area (Å²) in [4.78, 5) is 35.0. The fourth-order valence-electron chi connectivity index (χ4n) is 4.46. The lowest BCUT2D eigenvalue weighted by Crippen LogP contribution is -2.55. The van der Waals surface area contributed by atoms with Gasteiger partial charge >= 0.3 is 6.01 Å². The number of likely N-dealkylation sites (tertiary alicyclic amines) is 1. The molecule has 4 heterocycles. The normalized spacial score (nSPS) is 13.0. The topological polar surface area (TPSA) is 134 Å². The molecule has 12 nitrogen and oxygen atoms in total. The highest BCUT2D eigenvalue weighted by Gasteiger charge is 2.32. The van der Waals surface area contributed by atoms with Gasteiger partial charge in [-0.15, -0.1) is 0 Å². The minimum Gasteiger partial charge on any atom is -0.493 e. The number of carbonyl (C=O) groups excluding carboxylic acids is 1. The maximum atomic E-state index is 15.3. The van der Waals surface area contributed by atoms with Crippen molar-refractivity contribution < 1.29 is 28.1 Å². The molecule has 45 heavy (non-hydrogen) atoms. The van der Waals surface area contributed by atoms with Crippen LogP contribution in [0.25, 0.3) is 22.2 Å². The van der Waals surface area contributed by atoms with Crippen molar-refractivity contribution in [3.63, 3.8) is 0 Å². The van der Waals surface area contributed by atoms with E-state index in [1.807, 2.05) is 13.8 Å². The number of carbonyl (C=O) groups is 1. The third-order valence-corrected chi connectivity index (χ3v) is 7.41. The number of amides is 1. The van der Waals surface area contributed by atoms with Gasteiger partial charge in [0.05, 0.1) is 43.2 Å². The van der Waals surface area contributed by atoms with E-state index in [0.29, 0.717) is 57.8 Å². The average Bonchev–Trinajstić information content (AvgIpc) is 3.48. The van der Waals surface area contributed by atoms with Gasteiger partial charge in [0, 0.05) is 40.9 Å². The number of anilines is 2. The van der Waals surface area contributed by atoms with Crippen molar-refractivity contribution in [3.8, 4) is 39.7 Å². The Kier molecular flexibility index (Phi) is 8.38. The molecule has 1 fully saturated rings. The zero-order chi connectivity index (χ0) is 31.5. The van der Waals surface area contributed by atoms with E-state index in [-0.39, 0.29) is 35.6 Å². The van der Waals surface area contributed by atoms with E-state index in [0.717, 1.165) is 0 Å². The third-order valence-electron chi connectivity index (χ3n) is 6.70. The lowest BCUT2D eigenvalue weighted by atomic mass is 10.1. The van der Waals surface area contributed by atoms with Gasteiger partial charge in [0.25, 0.3) is 5.19 Å². The van der Waals surface area contributed by atoms with Crippen LogP contribution in [0.15, 0.2) is 67.1 Å². The highest BCUT2D eigenvalue weighted by Crippen LogP contribution is 2.37. The summed E-state index contributed by atoms with van der Waals surface area (Å²) in [6, 6.07) is 8.18. The summed E-state index contributed by atoms with van der Waals surface area (Å²) in [5, 5.41) is 5.77. The Hall–Kier alpha value is -5.37. The molecule has 0 spiro atoms. The number of rotatable bonds is 11. The Morgan fingerprint density at radius 1 is 1.13 bits per heavy atom. The minimum absolute atomic E-state index is 0.0321. The first-order chi connectivity index (χ1) is 21.8. The quantitative estimate of drug-likeness (QED) is 0.178. The van der Waals surface area contributed by atoms with Crippen molar-refractivity contribution in [2.45, 2.75) is 26.1 Å². The molecule has 230 valence electrons. The van der Waals surface area contributed by atoms with Gasteiger partial charge < -0.3 is 29.2 Å². The van der Waals surface area contributed by atoms with Gasteiger partial charge in [-0.3, -0.25) is 4.79 Å². The lowest BCUT2D eigenvalue weighted by Gasteiger charge is -2.38. The van der Waals surface area contributed by atoms with Crippen LogP contribution in [0, 0.1) is 5.82 Å². The molecule has 0 saturated carbocycles. The van der Waals surface area contributed by atoms with Gasteiger partial charge in [0.1, 0.15) is 29.8 Å². The van der Waals surface area contributed by atoms with Crippen molar-refractivity contribution >= 4 is 39.7 Å². The van der Waals surface area contributed by atoms with Crippen LogP contribution in [0.1, 0.15) is 13.8 Å². The second kappa shape index (κ2) is 12.7. The largest absolute Gasteiger partial charge is 0.493 e. The second-order valence-corrected chi connectivity index (χ2v) is 11.0. The first-order valence-electron chi connectivity index (χ1n) is 13.9. The fourth-order valence-corrected chi connectivity index (χ4v) is 5.16. The smallest absolute Gasteiger partial charge is 0.316 e. The predicted molar refractivity (Wildman–Crippen MR) is 166 cm³/mol. The monoisotopic (exact) mass is 629 g/mol. The maximum absolute atomic E-state index is 15.3. The molecule has 1 amide bonds. The van der Waals surface area contributed by atoms with Gasteiger partial charge in [-0.2, -0.15) is 0 Å². The number of nitrogens with zero attached hydrogens (tertiary/aromatic N) is 6. The summed E-state index contributed by atoms with van der Waals surface area (Å²) < 4.78 is 38.2. The number of aromatic nitrogens is 5. The summed E-state index contributed by atoms with van der Waals surface area (Å²) in [5.41, 5.74) is 2.07. The standard InChI is InChI=1S/C31H28FN7O5S/c1-5-28(40)39-13-20(14-39)43-27-9-21-24(10-26(27)41-4)35-16-36-29(21)37-23-7-6-19(8-22(23)32)44-31-38-25(15-45-31)18-11-33-30(34-12-18)42-17(2)3/h5-12,15-17,20H,1,13-14H2,2-4H3,(H,35,36,37). The zero-order valence-electron chi connectivity index (χ0n) is 24.6. The Bertz CT molecular complexity index is 1860. The third kappa shape index (κ3) is 6.60. The molecule has 6 rings (SSSR count). The molecule has 1 aliphatic rings. The number of halogens is 1. The molecule has 3 aromatic heterocycles. The van der Waals surface area contributed by atoms with Crippen LogP contribution < -0.4 is 24.3 Å². The molecule has 2 aromatic carbocycles. The molecule has 5 aromatic rings. The maximum Gasteiger partial charge on any atom is 0.316 e. The highest BCUT2D eigenvalue weighted by atomic mass is 32.1. The Balaban J connectivity index is 1.16. The summed E-state index contributed by atoms with van der Waals surface area (Å²) in [6.07, 6.45) is 5.66. The number of fused-ring (bicyclic) bond motifs is 1. The van der Waals surface area contributed by atoms with Gasteiger partial charge in [-0.25, -0.2) is 29.3 Å². The van der Waals surface area contributed by atoms with Crippen LogP contribution in [0.5, 0.6) is 28.5 Å². The SMILES string of the molecule is C=CC(=O)N1CC(Oc2cc3c(Nc4ccc(Oc5nc(-c6cnc(OC(C)C)nc6)cs5)cc4F)ncnc3cc2OC)C1. The van der Waals surface area contributed by atoms with E-state index >= 15 is 4.39 Å².